The van der Waals surface area contributed by atoms with E-state index < -0.39 is 6.36 Å². The number of carbonyl (C=O) groups excluding carboxylic acids is 1. The van der Waals surface area contributed by atoms with Crippen LogP contribution in [-0.2, 0) is 0 Å². The Kier molecular flexibility index (Phi) is 4.27. The number of alkyl halides is 4. The van der Waals surface area contributed by atoms with Crippen molar-refractivity contribution >= 4 is 21.8 Å². The molecule has 110 valence electrons. The summed E-state index contributed by atoms with van der Waals surface area (Å²) in [5, 5.41) is 3.62. The number of rotatable bonds is 5. The molecule has 7 heteroatoms. The lowest BCUT2D eigenvalue weighted by atomic mass is 10.1. The standard InChI is InChI=1S/C13H13BrF3NO2/c14-7-12(5-6-12)8-18-11(19)9-1-3-10(4-2-9)20-13(15,16)17/h1-4H,5-8H2,(H,18,19). The van der Waals surface area contributed by atoms with Crippen LogP contribution in [0.1, 0.15) is 23.2 Å². The largest absolute Gasteiger partial charge is 0.573 e. The second-order valence-corrected chi connectivity index (χ2v) is 5.45. The van der Waals surface area contributed by atoms with Gasteiger partial charge in [0.05, 0.1) is 0 Å². The molecule has 0 bridgehead atoms. The minimum Gasteiger partial charge on any atom is -0.406 e. The van der Waals surface area contributed by atoms with Crippen LogP contribution >= 0.6 is 15.9 Å². The van der Waals surface area contributed by atoms with Crippen LogP contribution in [0, 0.1) is 5.41 Å². The van der Waals surface area contributed by atoms with Gasteiger partial charge in [0.2, 0.25) is 0 Å². The maximum Gasteiger partial charge on any atom is 0.573 e. The van der Waals surface area contributed by atoms with Crippen LogP contribution in [-0.4, -0.2) is 24.1 Å². The van der Waals surface area contributed by atoms with E-state index in [4.69, 9.17) is 0 Å². The monoisotopic (exact) mass is 351 g/mol. The molecule has 1 aliphatic carbocycles. The summed E-state index contributed by atoms with van der Waals surface area (Å²) in [5.41, 5.74) is 0.458. The number of benzene rings is 1. The average Bonchev–Trinajstić information content (AvgIpc) is 3.16. The normalized spacial score (nSPS) is 16.6. The molecule has 1 aromatic rings. The first-order valence-electron chi connectivity index (χ1n) is 6.04. The van der Waals surface area contributed by atoms with Crippen molar-refractivity contribution in [3.8, 4) is 5.75 Å². The number of halogens is 4. The quantitative estimate of drug-likeness (QED) is 0.824. The Balaban J connectivity index is 1.90. The molecule has 1 aromatic carbocycles. The van der Waals surface area contributed by atoms with Crippen molar-refractivity contribution in [2.75, 3.05) is 11.9 Å². The highest BCUT2D eigenvalue weighted by Crippen LogP contribution is 2.46. The summed E-state index contributed by atoms with van der Waals surface area (Å²) in [6, 6.07) is 4.87. The minimum absolute atomic E-state index is 0.148. The van der Waals surface area contributed by atoms with Crippen molar-refractivity contribution in [1.82, 2.24) is 5.32 Å². The summed E-state index contributed by atoms with van der Waals surface area (Å²) in [6.07, 6.45) is -2.59. The van der Waals surface area contributed by atoms with Crippen LogP contribution in [0.4, 0.5) is 13.2 Å². The Bertz CT molecular complexity index is 483. The average molecular weight is 352 g/mol. The second kappa shape index (κ2) is 5.63. The van der Waals surface area contributed by atoms with Gasteiger partial charge in [0, 0.05) is 17.4 Å². The third kappa shape index (κ3) is 4.13. The van der Waals surface area contributed by atoms with Crippen molar-refractivity contribution in [2.45, 2.75) is 19.2 Å². The van der Waals surface area contributed by atoms with E-state index in [-0.39, 0.29) is 17.1 Å². The summed E-state index contributed by atoms with van der Waals surface area (Å²) in [6.45, 7) is 0.567. The van der Waals surface area contributed by atoms with E-state index in [1.54, 1.807) is 0 Å². The Labute approximate surface area is 122 Å². The van der Waals surface area contributed by atoms with Gasteiger partial charge in [-0.2, -0.15) is 0 Å². The lowest BCUT2D eigenvalue weighted by Crippen LogP contribution is -2.30. The zero-order valence-corrected chi connectivity index (χ0v) is 12.1. The predicted octanol–water partition coefficient (Wildman–Crippen LogP) is 3.49. The van der Waals surface area contributed by atoms with Gasteiger partial charge in [-0.15, -0.1) is 13.2 Å². The van der Waals surface area contributed by atoms with Crippen LogP contribution in [0.3, 0.4) is 0 Å². The van der Waals surface area contributed by atoms with E-state index in [1.807, 2.05) is 0 Å². The molecule has 1 fully saturated rings. The third-order valence-corrected chi connectivity index (χ3v) is 4.40. The maximum absolute atomic E-state index is 12.0. The smallest absolute Gasteiger partial charge is 0.406 e. The molecule has 3 nitrogen and oxygen atoms in total. The van der Waals surface area contributed by atoms with Crippen LogP contribution < -0.4 is 10.1 Å². The molecule has 0 atom stereocenters. The molecule has 0 spiro atoms. The van der Waals surface area contributed by atoms with E-state index in [1.165, 1.54) is 12.1 Å². The summed E-state index contributed by atoms with van der Waals surface area (Å²) in [7, 11) is 0. The highest BCUT2D eigenvalue weighted by Gasteiger charge is 2.41. The highest BCUT2D eigenvalue weighted by atomic mass is 79.9. The van der Waals surface area contributed by atoms with E-state index in [0.717, 1.165) is 30.3 Å². The summed E-state index contributed by atoms with van der Waals surface area (Å²) >= 11 is 3.40. The van der Waals surface area contributed by atoms with Crippen molar-refractivity contribution in [2.24, 2.45) is 5.41 Å². The number of nitrogens with one attached hydrogen (secondary N) is 1. The van der Waals surface area contributed by atoms with Crippen molar-refractivity contribution in [1.29, 1.82) is 0 Å². The van der Waals surface area contributed by atoms with Gasteiger partial charge >= 0.3 is 6.36 Å². The van der Waals surface area contributed by atoms with Gasteiger partial charge in [-0.3, -0.25) is 4.79 Å². The van der Waals surface area contributed by atoms with Crippen LogP contribution in [0.25, 0.3) is 0 Å². The maximum atomic E-state index is 12.0. The number of amides is 1. The SMILES string of the molecule is O=C(NCC1(CBr)CC1)c1ccc(OC(F)(F)F)cc1. The number of hydrogen-bond acceptors (Lipinski definition) is 2. The second-order valence-electron chi connectivity index (χ2n) is 4.89. The number of carbonyl (C=O) groups is 1. The van der Waals surface area contributed by atoms with Crippen molar-refractivity contribution < 1.29 is 22.7 Å². The Hall–Kier alpha value is -1.24. The zero-order chi connectivity index (χ0) is 14.8. The van der Waals surface area contributed by atoms with Gasteiger partial charge in [-0.25, -0.2) is 0 Å². The fraction of sp³-hybridized carbons (Fsp3) is 0.462. The molecule has 0 unspecified atom stereocenters. The van der Waals surface area contributed by atoms with Crippen LogP contribution in [0.2, 0.25) is 0 Å². The molecule has 0 radical (unpaired) electrons. The first kappa shape index (κ1) is 15.2. The lowest BCUT2D eigenvalue weighted by Gasteiger charge is -2.13. The van der Waals surface area contributed by atoms with Crippen molar-refractivity contribution in [3.63, 3.8) is 0 Å². The van der Waals surface area contributed by atoms with E-state index in [0.29, 0.717) is 12.1 Å². The van der Waals surface area contributed by atoms with Crippen molar-refractivity contribution in [3.05, 3.63) is 29.8 Å². The van der Waals surface area contributed by atoms with Gasteiger partial charge in [-0.1, -0.05) is 15.9 Å². The molecule has 0 aliphatic heterocycles. The van der Waals surface area contributed by atoms with E-state index in [9.17, 15) is 18.0 Å². The molecule has 0 saturated heterocycles. The van der Waals surface area contributed by atoms with Gasteiger partial charge in [0.25, 0.3) is 5.91 Å². The molecule has 0 heterocycles. The first-order valence-corrected chi connectivity index (χ1v) is 7.16. The summed E-state index contributed by atoms with van der Waals surface area (Å²) < 4.78 is 39.7. The molecular weight excluding hydrogens is 339 g/mol. The number of ether oxygens (including phenoxy) is 1. The van der Waals surface area contributed by atoms with E-state index >= 15 is 0 Å². The van der Waals surface area contributed by atoms with Gasteiger partial charge < -0.3 is 10.1 Å². The topological polar surface area (TPSA) is 38.3 Å². The van der Waals surface area contributed by atoms with Gasteiger partial charge in [-0.05, 0) is 42.5 Å². The zero-order valence-electron chi connectivity index (χ0n) is 10.5. The molecule has 2 rings (SSSR count). The first-order chi connectivity index (χ1) is 9.34. The molecular formula is C13H13BrF3NO2. The molecule has 1 saturated carbocycles. The highest BCUT2D eigenvalue weighted by molar-refractivity contribution is 9.09. The van der Waals surface area contributed by atoms with Crippen LogP contribution in [0.15, 0.2) is 24.3 Å². The third-order valence-electron chi connectivity index (χ3n) is 3.21. The lowest BCUT2D eigenvalue weighted by molar-refractivity contribution is -0.274. The molecule has 1 amide bonds. The summed E-state index contributed by atoms with van der Waals surface area (Å²) in [5.74, 6) is -0.635. The molecule has 1 aliphatic rings. The minimum atomic E-state index is -4.72. The van der Waals surface area contributed by atoms with Gasteiger partial charge in [0.1, 0.15) is 5.75 Å². The Morgan fingerprint density at radius 3 is 2.35 bits per heavy atom. The molecule has 0 aromatic heterocycles. The number of hydrogen-bond donors (Lipinski definition) is 1. The van der Waals surface area contributed by atoms with Gasteiger partial charge in [0.15, 0.2) is 0 Å². The predicted molar refractivity (Wildman–Crippen MR) is 70.9 cm³/mol. The van der Waals surface area contributed by atoms with Crippen LogP contribution in [0.5, 0.6) is 5.75 Å². The molecule has 1 N–H and O–H groups in total. The fourth-order valence-electron chi connectivity index (χ4n) is 1.71. The fourth-order valence-corrected chi connectivity index (χ4v) is 2.47. The Morgan fingerprint density at radius 2 is 1.90 bits per heavy atom. The molecule has 20 heavy (non-hydrogen) atoms. The van der Waals surface area contributed by atoms with E-state index in [2.05, 4.69) is 26.0 Å². The summed E-state index contributed by atoms with van der Waals surface area (Å²) in [4.78, 5) is 11.8. The Morgan fingerprint density at radius 1 is 1.30 bits per heavy atom.